The first-order valence-corrected chi connectivity index (χ1v) is 8.12. The lowest BCUT2D eigenvalue weighted by atomic mass is 10.2. The maximum atomic E-state index is 5.82. The van der Waals surface area contributed by atoms with E-state index in [4.69, 9.17) is 10.5 Å². The van der Waals surface area contributed by atoms with Crippen molar-refractivity contribution in [2.45, 2.75) is 0 Å². The molecule has 2 aromatic rings. The van der Waals surface area contributed by atoms with Gasteiger partial charge in [-0.25, -0.2) is 0 Å². The molecule has 0 amide bonds. The lowest BCUT2D eigenvalue weighted by Crippen LogP contribution is -2.05. The van der Waals surface area contributed by atoms with Crippen LogP contribution in [-0.4, -0.2) is 24.2 Å². The normalized spacial score (nSPS) is 12.1. The van der Waals surface area contributed by atoms with Crippen molar-refractivity contribution >= 4 is 29.2 Å². The van der Waals surface area contributed by atoms with Gasteiger partial charge in [0.1, 0.15) is 5.75 Å². The topological polar surface area (TPSA) is 60.0 Å². The van der Waals surface area contributed by atoms with Crippen molar-refractivity contribution in [2.24, 2.45) is 15.9 Å². The van der Waals surface area contributed by atoms with Crippen LogP contribution in [0, 0.1) is 0 Å². The summed E-state index contributed by atoms with van der Waals surface area (Å²) >= 11 is 1.44. The second kappa shape index (κ2) is 9.48. The predicted molar refractivity (Wildman–Crippen MR) is 100 cm³/mol. The molecule has 0 heterocycles. The van der Waals surface area contributed by atoms with E-state index >= 15 is 0 Å². The Morgan fingerprint density at radius 3 is 2.65 bits per heavy atom. The molecule has 2 N–H and O–H groups in total. The summed E-state index contributed by atoms with van der Waals surface area (Å²) in [4.78, 5) is 0. The maximum Gasteiger partial charge on any atom is 0.180 e. The van der Waals surface area contributed by atoms with Gasteiger partial charge in [0.2, 0.25) is 0 Å². The summed E-state index contributed by atoms with van der Waals surface area (Å²) in [6, 6.07) is 17.7. The zero-order valence-corrected chi connectivity index (χ0v) is 13.7. The molecule has 2 aromatic carbocycles. The fourth-order valence-corrected chi connectivity index (χ4v) is 2.30. The van der Waals surface area contributed by atoms with Gasteiger partial charge >= 0.3 is 0 Å². The lowest BCUT2D eigenvalue weighted by Gasteiger charge is -2.01. The summed E-state index contributed by atoms with van der Waals surface area (Å²) in [6.45, 7) is 0. The molecule has 0 radical (unpaired) electrons. The molecular formula is C18H19N3OS. The van der Waals surface area contributed by atoms with Gasteiger partial charge in [0.25, 0.3) is 0 Å². The van der Waals surface area contributed by atoms with Crippen LogP contribution in [0.5, 0.6) is 5.75 Å². The molecule has 0 atom stereocenters. The van der Waals surface area contributed by atoms with Crippen LogP contribution in [0.15, 0.2) is 70.9 Å². The molecule has 0 unspecified atom stereocenters. The number of benzene rings is 2. The number of nitrogens with zero attached hydrogens (tertiary/aromatic N) is 2. The molecular weight excluding hydrogens is 306 g/mol. The van der Waals surface area contributed by atoms with E-state index in [-0.39, 0.29) is 0 Å². The molecule has 0 bridgehead atoms. The van der Waals surface area contributed by atoms with E-state index in [1.165, 1.54) is 11.8 Å². The first kappa shape index (κ1) is 16.8. The molecule has 0 spiro atoms. The summed E-state index contributed by atoms with van der Waals surface area (Å²) in [7, 11) is 1.62. The average molecular weight is 325 g/mol. The van der Waals surface area contributed by atoms with Gasteiger partial charge in [-0.3, -0.25) is 0 Å². The number of hydrogen-bond acceptors (Lipinski definition) is 4. The Labute approximate surface area is 140 Å². The Bertz CT molecular complexity index is 696. The van der Waals surface area contributed by atoms with Crippen LogP contribution in [0.1, 0.15) is 11.1 Å². The molecule has 4 nitrogen and oxygen atoms in total. The molecule has 118 valence electrons. The van der Waals surface area contributed by atoms with Crippen molar-refractivity contribution in [3.63, 3.8) is 0 Å². The van der Waals surface area contributed by atoms with E-state index < -0.39 is 0 Å². The zero-order chi connectivity index (χ0) is 16.3. The van der Waals surface area contributed by atoms with E-state index in [9.17, 15) is 0 Å². The highest BCUT2D eigenvalue weighted by Gasteiger charge is 1.97. The van der Waals surface area contributed by atoms with E-state index in [0.29, 0.717) is 5.17 Å². The Kier molecular flexibility index (Phi) is 6.94. The smallest absolute Gasteiger partial charge is 0.180 e. The van der Waals surface area contributed by atoms with E-state index in [0.717, 1.165) is 22.6 Å². The fraction of sp³-hybridized carbons (Fsp3) is 0.111. The minimum absolute atomic E-state index is 0.425. The largest absolute Gasteiger partial charge is 0.496 e. The maximum absolute atomic E-state index is 5.82. The minimum Gasteiger partial charge on any atom is -0.496 e. The molecule has 23 heavy (non-hydrogen) atoms. The minimum atomic E-state index is 0.425. The van der Waals surface area contributed by atoms with Crippen molar-refractivity contribution < 1.29 is 4.74 Å². The van der Waals surface area contributed by atoms with Gasteiger partial charge < -0.3 is 10.5 Å². The van der Waals surface area contributed by atoms with Crippen LogP contribution in [0.25, 0.3) is 6.08 Å². The fourth-order valence-electron chi connectivity index (χ4n) is 1.83. The van der Waals surface area contributed by atoms with Crippen LogP contribution < -0.4 is 10.5 Å². The van der Waals surface area contributed by atoms with Crippen molar-refractivity contribution in [1.82, 2.24) is 0 Å². The molecule has 2 rings (SSSR count). The highest BCUT2D eigenvalue weighted by Crippen LogP contribution is 2.14. The van der Waals surface area contributed by atoms with Crippen LogP contribution >= 0.6 is 11.8 Å². The molecule has 0 aliphatic carbocycles. The first-order valence-electron chi connectivity index (χ1n) is 7.13. The number of methoxy groups -OCH3 is 1. The number of hydrogen-bond donors (Lipinski definition) is 1. The number of para-hydroxylation sites is 1. The quantitative estimate of drug-likeness (QED) is 0.499. The molecule has 0 aliphatic heterocycles. The van der Waals surface area contributed by atoms with Gasteiger partial charge in [0.15, 0.2) is 5.17 Å². The molecule has 0 saturated heterocycles. The van der Waals surface area contributed by atoms with Crippen molar-refractivity contribution in [2.75, 3.05) is 12.9 Å². The SMILES string of the molecule is COc1ccccc1C=NN=C(N)SCC=Cc1ccccc1. The van der Waals surface area contributed by atoms with Gasteiger partial charge in [-0.15, -0.1) is 5.10 Å². The predicted octanol–water partition coefficient (Wildman–Crippen LogP) is 3.79. The van der Waals surface area contributed by atoms with Gasteiger partial charge in [-0.1, -0.05) is 66.4 Å². The summed E-state index contributed by atoms with van der Waals surface area (Å²) in [5.41, 5.74) is 7.85. The van der Waals surface area contributed by atoms with Crippen molar-refractivity contribution in [3.8, 4) is 5.75 Å². The highest BCUT2D eigenvalue weighted by atomic mass is 32.2. The molecule has 0 aromatic heterocycles. The Balaban J connectivity index is 1.83. The number of amidine groups is 1. The number of ether oxygens (including phenoxy) is 1. The number of nitrogens with two attached hydrogens (primary N) is 1. The standard InChI is InChI=1S/C18H19N3OS/c1-22-17-12-6-5-11-16(17)14-20-21-18(19)23-13-7-10-15-8-3-2-4-9-15/h2-12,14H,13H2,1H3,(H2,19,21). The highest BCUT2D eigenvalue weighted by molar-refractivity contribution is 8.13. The molecule has 0 saturated carbocycles. The van der Waals surface area contributed by atoms with Crippen LogP contribution in [0.4, 0.5) is 0 Å². The third kappa shape index (κ3) is 6.00. The number of rotatable bonds is 6. The third-order valence-corrected chi connectivity index (χ3v) is 3.67. The summed E-state index contributed by atoms with van der Waals surface area (Å²) < 4.78 is 5.24. The Morgan fingerprint density at radius 1 is 1.13 bits per heavy atom. The Hall–Kier alpha value is -2.53. The summed E-state index contributed by atoms with van der Waals surface area (Å²) in [6.07, 6.45) is 5.73. The van der Waals surface area contributed by atoms with E-state index in [1.54, 1.807) is 13.3 Å². The second-order valence-electron chi connectivity index (χ2n) is 4.55. The van der Waals surface area contributed by atoms with Crippen LogP contribution in [0.3, 0.4) is 0 Å². The van der Waals surface area contributed by atoms with E-state index in [2.05, 4.69) is 28.4 Å². The van der Waals surface area contributed by atoms with Gasteiger partial charge in [0.05, 0.1) is 13.3 Å². The van der Waals surface area contributed by atoms with Crippen molar-refractivity contribution in [1.29, 1.82) is 0 Å². The summed E-state index contributed by atoms with van der Waals surface area (Å²) in [5.74, 6) is 1.50. The molecule has 0 fully saturated rings. The molecule has 0 aliphatic rings. The third-order valence-electron chi connectivity index (χ3n) is 2.93. The number of thioether (sulfide) groups is 1. The van der Waals surface area contributed by atoms with Gasteiger partial charge in [-0.2, -0.15) is 5.10 Å². The zero-order valence-electron chi connectivity index (χ0n) is 12.9. The van der Waals surface area contributed by atoms with Gasteiger partial charge in [-0.05, 0) is 17.7 Å². The first-order chi connectivity index (χ1) is 11.3. The van der Waals surface area contributed by atoms with Crippen molar-refractivity contribution in [3.05, 3.63) is 71.8 Å². The lowest BCUT2D eigenvalue weighted by molar-refractivity contribution is 0.414. The summed E-state index contributed by atoms with van der Waals surface area (Å²) in [5, 5.41) is 8.40. The Morgan fingerprint density at radius 2 is 1.87 bits per heavy atom. The van der Waals surface area contributed by atoms with Gasteiger partial charge in [0, 0.05) is 11.3 Å². The van der Waals surface area contributed by atoms with E-state index in [1.807, 2.05) is 48.5 Å². The second-order valence-corrected chi connectivity index (χ2v) is 5.59. The monoisotopic (exact) mass is 325 g/mol. The van der Waals surface area contributed by atoms with Crippen LogP contribution in [0.2, 0.25) is 0 Å². The molecule has 5 heteroatoms. The van der Waals surface area contributed by atoms with Crippen LogP contribution in [-0.2, 0) is 0 Å². The average Bonchev–Trinajstić information content (AvgIpc) is 2.60.